The van der Waals surface area contributed by atoms with Gasteiger partial charge in [0.1, 0.15) is 0 Å². The maximum absolute atomic E-state index is 13.4. The van der Waals surface area contributed by atoms with Gasteiger partial charge in [-0.15, -0.1) is 0 Å². The molecular formula is C26H27ClF3N3O. The lowest BCUT2D eigenvalue weighted by atomic mass is 9.80. The van der Waals surface area contributed by atoms with E-state index in [-0.39, 0.29) is 11.3 Å². The monoisotopic (exact) mass is 489 g/mol. The molecule has 1 N–H and O–H groups in total. The molecule has 4 nitrogen and oxygen atoms in total. The molecule has 1 aliphatic carbocycles. The second kappa shape index (κ2) is 9.92. The summed E-state index contributed by atoms with van der Waals surface area (Å²) in [5, 5.41) is 0.993. The second-order valence-corrected chi connectivity index (χ2v) is 9.01. The molecule has 180 valence electrons. The van der Waals surface area contributed by atoms with E-state index in [0.717, 1.165) is 43.0 Å². The number of benzene rings is 2. The number of halogens is 4. The topological polar surface area (TPSA) is 48.5 Å². The van der Waals surface area contributed by atoms with Crippen molar-refractivity contribution in [3.05, 3.63) is 80.1 Å². The average molecular weight is 490 g/mol. The summed E-state index contributed by atoms with van der Waals surface area (Å²) in [5.74, 6) is -0.0811. The Bertz CT molecular complexity index is 1260. The van der Waals surface area contributed by atoms with E-state index < -0.39 is 11.7 Å². The van der Waals surface area contributed by atoms with Crippen molar-refractivity contribution < 1.29 is 13.2 Å². The van der Waals surface area contributed by atoms with Crippen LogP contribution in [0.25, 0.3) is 10.9 Å². The third-order valence-electron chi connectivity index (χ3n) is 6.54. The Kier molecular flexibility index (Phi) is 7.14. The second-order valence-electron chi connectivity index (χ2n) is 8.58. The average Bonchev–Trinajstić information content (AvgIpc) is 2.81. The molecule has 1 aromatic heterocycles. The van der Waals surface area contributed by atoms with Gasteiger partial charge in [-0.1, -0.05) is 37.6 Å². The zero-order chi connectivity index (χ0) is 24.5. The van der Waals surface area contributed by atoms with Gasteiger partial charge in [0.2, 0.25) is 0 Å². The fraction of sp³-hybridized carbons (Fsp3) is 0.385. The number of alkyl halides is 3. The van der Waals surface area contributed by atoms with Crippen molar-refractivity contribution in [3.8, 4) is 0 Å². The van der Waals surface area contributed by atoms with Crippen molar-refractivity contribution in [2.75, 3.05) is 26.2 Å². The van der Waals surface area contributed by atoms with E-state index in [1.54, 1.807) is 18.2 Å². The van der Waals surface area contributed by atoms with Crippen molar-refractivity contribution in [1.82, 2.24) is 9.88 Å². The SMILES string of the molecule is CCN(CC)CCN=C1CC(c2ccc(C(F)(F)F)cc2)Cc2[nH]c3ccc(Cl)cc3c(=O)c21. The van der Waals surface area contributed by atoms with E-state index in [2.05, 4.69) is 23.7 Å². The van der Waals surface area contributed by atoms with Gasteiger partial charge in [0, 0.05) is 33.9 Å². The van der Waals surface area contributed by atoms with E-state index in [9.17, 15) is 18.0 Å². The summed E-state index contributed by atoms with van der Waals surface area (Å²) in [4.78, 5) is 23.9. The summed E-state index contributed by atoms with van der Waals surface area (Å²) in [5.41, 5.74) is 2.72. The number of aromatic nitrogens is 1. The van der Waals surface area contributed by atoms with Crippen LogP contribution in [0.1, 0.15) is 48.6 Å². The highest BCUT2D eigenvalue weighted by Crippen LogP contribution is 2.35. The Morgan fingerprint density at radius 2 is 1.79 bits per heavy atom. The fourth-order valence-corrected chi connectivity index (χ4v) is 4.78. The number of nitrogens with one attached hydrogen (secondary N) is 1. The van der Waals surface area contributed by atoms with Crippen LogP contribution in [0.4, 0.5) is 13.2 Å². The van der Waals surface area contributed by atoms with Crippen LogP contribution in [-0.4, -0.2) is 41.8 Å². The Morgan fingerprint density at radius 3 is 2.44 bits per heavy atom. The number of nitrogens with zero attached hydrogens (tertiary/aromatic N) is 2. The maximum atomic E-state index is 13.4. The van der Waals surface area contributed by atoms with Gasteiger partial charge in [0.15, 0.2) is 5.43 Å². The van der Waals surface area contributed by atoms with E-state index in [1.807, 2.05) is 0 Å². The van der Waals surface area contributed by atoms with Gasteiger partial charge in [0.05, 0.1) is 17.7 Å². The number of aromatic amines is 1. The van der Waals surface area contributed by atoms with Crippen molar-refractivity contribution in [2.24, 2.45) is 4.99 Å². The predicted octanol–water partition coefficient (Wildman–Crippen LogP) is 6.06. The summed E-state index contributed by atoms with van der Waals surface area (Å²) in [6, 6.07) is 10.5. The number of pyridine rings is 1. The van der Waals surface area contributed by atoms with Gasteiger partial charge < -0.3 is 9.88 Å². The molecule has 0 radical (unpaired) electrons. The van der Waals surface area contributed by atoms with Crippen molar-refractivity contribution >= 4 is 28.2 Å². The molecule has 8 heteroatoms. The molecule has 0 spiro atoms. The molecular weight excluding hydrogens is 463 g/mol. The summed E-state index contributed by atoms with van der Waals surface area (Å²) < 4.78 is 39.1. The van der Waals surface area contributed by atoms with Crippen LogP contribution < -0.4 is 5.43 Å². The molecule has 0 bridgehead atoms. The van der Waals surface area contributed by atoms with Crippen LogP contribution in [-0.2, 0) is 12.6 Å². The zero-order valence-corrected chi connectivity index (χ0v) is 19.9. The number of fused-ring (bicyclic) bond motifs is 2. The summed E-state index contributed by atoms with van der Waals surface area (Å²) >= 11 is 6.14. The van der Waals surface area contributed by atoms with Gasteiger partial charge in [-0.25, -0.2) is 0 Å². The van der Waals surface area contributed by atoms with E-state index in [4.69, 9.17) is 16.6 Å². The van der Waals surface area contributed by atoms with Crippen LogP contribution in [0.15, 0.2) is 52.3 Å². The van der Waals surface area contributed by atoms with Gasteiger partial charge >= 0.3 is 6.18 Å². The molecule has 2 aromatic carbocycles. The number of hydrogen-bond acceptors (Lipinski definition) is 3. The van der Waals surface area contributed by atoms with Crippen LogP contribution in [0.5, 0.6) is 0 Å². The fourth-order valence-electron chi connectivity index (χ4n) is 4.61. The molecule has 0 fully saturated rings. The van der Waals surface area contributed by atoms with Crippen LogP contribution >= 0.6 is 11.6 Å². The molecule has 1 unspecified atom stereocenters. The summed E-state index contributed by atoms with van der Waals surface area (Å²) in [7, 11) is 0. The Balaban J connectivity index is 1.75. The van der Waals surface area contributed by atoms with Crippen molar-refractivity contribution in [3.63, 3.8) is 0 Å². The summed E-state index contributed by atoms with van der Waals surface area (Å²) in [6.45, 7) is 7.32. The molecule has 1 atom stereocenters. The van der Waals surface area contributed by atoms with E-state index in [0.29, 0.717) is 46.6 Å². The highest BCUT2D eigenvalue weighted by atomic mass is 35.5. The van der Waals surface area contributed by atoms with Crippen LogP contribution in [0, 0.1) is 0 Å². The largest absolute Gasteiger partial charge is 0.416 e. The Morgan fingerprint density at radius 1 is 1.09 bits per heavy atom. The van der Waals surface area contributed by atoms with Crippen molar-refractivity contribution in [1.29, 1.82) is 0 Å². The first-order chi connectivity index (χ1) is 16.2. The first-order valence-corrected chi connectivity index (χ1v) is 11.9. The van der Waals surface area contributed by atoms with Gasteiger partial charge in [-0.2, -0.15) is 13.2 Å². The number of likely N-dealkylation sites (N-methyl/N-ethyl adjacent to an activating group) is 1. The van der Waals surface area contributed by atoms with Crippen LogP contribution in [0.3, 0.4) is 0 Å². The smallest absolute Gasteiger partial charge is 0.358 e. The number of rotatable bonds is 6. The van der Waals surface area contributed by atoms with Gasteiger partial charge in [-0.05, 0) is 67.7 Å². The van der Waals surface area contributed by atoms with E-state index in [1.165, 1.54) is 12.1 Å². The molecule has 0 saturated carbocycles. The van der Waals surface area contributed by atoms with Crippen LogP contribution in [0.2, 0.25) is 5.02 Å². The van der Waals surface area contributed by atoms with Crippen molar-refractivity contribution in [2.45, 2.75) is 38.8 Å². The number of H-pyrrole nitrogens is 1. The molecule has 1 aliphatic rings. The minimum absolute atomic E-state index is 0.0811. The Labute approximate surface area is 201 Å². The molecule has 3 aromatic rings. The van der Waals surface area contributed by atoms with Gasteiger partial charge in [0.25, 0.3) is 0 Å². The molecule has 0 saturated heterocycles. The third-order valence-corrected chi connectivity index (χ3v) is 6.78. The minimum Gasteiger partial charge on any atom is -0.358 e. The lowest BCUT2D eigenvalue weighted by Gasteiger charge is -2.27. The quantitative estimate of drug-likeness (QED) is 0.457. The molecule has 0 amide bonds. The molecule has 34 heavy (non-hydrogen) atoms. The zero-order valence-electron chi connectivity index (χ0n) is 19.2. The highest BCUT2D eigenvalue weighted by molar-refractivity contribution is 6.31. The molecule has 4 rings (SSSR count). The third kappa shape index (κ3) is 5.05. The number of aliphatic imine (C=N–C) groups is 1. The standard InChI is InChI=1S/C26H27ClF3N3O/c1-3-33(4-2)12-11-31-22-13-17(16-5-7-18(8-6-16)26(28,29)30)14-23-24(22)25(34)20-15-19(27)9-10-21(20)32-23/h5-10,15,17H,3-4,11-14H2,1-2H3,(H,32,34). The molecule has 0 aliphatic heterocycles. The number of hydrogen-bond donors (Lipinski definition) is 1. The maximum Gasteiger partial charge on any atom is 0.416 e. The normalized spacial score (nSPS) is 17.5. The van der Waals surface area contributed by atoms with Gasteiger partial charge in [-0.3, -0.25) is 9.79 Å². The molecule has 1 heterocycles. The Hall–Kier alpha value is -2.64. The minimum atomic E-state index is -4.37. The predicted molar refractivity (Wildman–Crippen MR) is 131 cm³/mol. The first-order valence-electron chi connectivity index (χ1n) is 11.5. The lowest BCUT2D eigenvalue weighted by molar-refractivity contribution is -0.137. The van der Waals surface area contributed by atoms with E-state index >= 15 is 0 Å². The highest BCUT2D eigenvalue weighted by Gasteiger charge is 2.32. The summed E-state index contributed by atoms with van der Waals surface area (Å²) in [6.07, 6.45) is -3.37. The first kappa shape index (κ1) is 24.5. The lowest BCUT2D eigenvalue weighted by Crippen LogP contribution is -2.30.